The number of ether oxygens (including phenoxy) is 2. The number of hydrogen-bond acceptors (Lipinski definition) is 13. The molecule has 0 radical (unpaired) electrons. The van der Waals surface area contributed by atoms with Crippen LogP contribution in [0.5, 0.6) is 0 Å². The molecule has 0 saturated heterocycles. The number of rotatable bonds is 56. The molecule has 5 unspecified atom stereocenters. The van der Waals surface area contributed by atoms with Crippen molar-refractivity contribution in [1.29, 1.82) is 0 Å². The Hall–Kier alpha value is -1.48. The molecule has 426 valence electrons. The molecule has 0 aromatic heterocycles. The molecule has 0 fully saturated rings. The van der Waals surface area contributed by atoms with Crippen LogP contribution in [-0.2, 0) is 46.3 Å². The van der Waals surface area contributed by atoms with E-state index in [2.05, 4.69) is 47.2 Å². The molecule has 0 bridgehead atoms. The lowest BCUT2D eigenvalue weighted by Gasteiger charge is -2.19. The van der Waals surface area contributed by atoms with Crippen molar-refractivity contribution in [3.63, 3.8) is 0 Å². The van der Waals surface area contributed by atoms with Crippen LogP contribution in [0.2, 0.25) is 0 Å². The monoisotopic (exact) mass is 1070 g/mol. The third-order valence-corrected chi connectivity index (χ3v) is 14.3. The first-order chi connectivity index (χ1) is 34.8. The number of aliphatic hydroxyl groups is 3. The van der Waals surface area contributed by atoms with Gasteiger partial charge in [-0.05, 0) is 44.9 Å². The summed E-state index contributed by atoms with van der Waals surface area (Å²) < 4.78 is 53.2. The first-order valence-electron chi connectivity index (χ1n) is 28.7. The maximum absolute atomic E-state index is 12.2. The average molecular weight is 1070 g/mol. The third-order valence-electron chi connectivity index (χ3n) is 12.4. The van der Waals surface area contributed by atoms with Crippen LogP contribution in [0.25, 0.3) is 0 Å². The maximum atomic E-state index is 12.2. The smallest absolute Gasteiger partial charge is 0.463 e. The molecule has 0 spiro atoms. The van der Waals surface area contributed by atoms with Gasteiger partial charge in [0.15, 0.2) is 0 Å². The molecule has 0 saturated carbocycles. The van der Waals surface area contributed by atoms with Crippen LogP contribution >= 0.6 is 15.6 Å². The molecule has 0 aliphatic rings. The molecule has 0 aromatic carbocycles. The fourth-order valence-corrected chi connectivity index (χ4v) is 9.54. The Labute approximate surface area is 437 Å². The van der Waals surface area contributed by atoms with Crippen molar-refractivity contribution in [2.24, 2.45) is 0 Å². The lowest BCUT2D eigenvalue weighted by atomic mass is 10.0. The van der Waals surface area contributed by atoms with Gasteiger partial charge < -0.3 is 34.6 Å². The van der Waals surface area contributed by atoms with Gasteiger partial charge in [0.25, 0.3) is 0 Å². The highest BCUT2D eigenvalue weighted by molar-refractivity contribution is 7.47. The van der Waals surface area contributed by atoms with E-state index < -0.39 is 85.5 Å². The topological polar surface area (TPSA) is 225 Å². The van der Waals surface area contributed by atoms with Gasteiger partial charge in [0.2, 0.25) is 0 Å². The van der Waals surface area contributed by atoms with Crippen LogP contribution in [-0.4, -0.2) is 95.0 Å². The van der Waals surface area contributed by atoms with Crippen LogP contribution in [0.1, 0.15) is 258 Å². The highest BCUT2D eigenvalue weighted by atomic mass is 31.2. The number of esters is 2. The number of carbonyl (C=O) groups excluding carboxylic acids is 2. The summed E-state index contributed by atoms with van der Waals surface area (Å²) in [5, 5.41) is 30.1. The number of phosphoric ester groups is 2. The van der Waals surface area contributed by atoms with Crippen molar-refractivity contribution in [3.8, 4) is 0 Å². The predicted molar refractivity (Wildman–Crippen MR) is 288 cm³/mol. The van der Waals surface area contributed by atoms with Crippen molar-refractivity contribution in [1.82, 2.24) is 0 Å². The molecule has 0 heterocycles. The number of allylic oxidation sites excluding steroid dienone is 4. The van der Waals surface area contributed by atoms with E-state index in [4.69, 9.17) is 18.5 Å². The Morgan fingerprint density at radius 2 is 0.597 bits per heavy atom. The minimum Gasteiger partial charge on any atom is -0.463 e. The highest BCUT2D eigenvalue weighted by Gasteiger charge is 2.28. The summed E-state index contributed by atoms with van der Waals surface area (Å²) >= 11 is 0. The van der Waals surface area contributed by atoms with Crippen molar-refractivity contribution in [3.05, 3.63) is 24.3 Å². The van der Waals surface area contributed by atoms with E-state index in [9.17, 15) is 43.8 Å². The highest BCUT2D eigenvalue weighted by Crippen LogP contribution is 2.45. The second-order valence-electron chi connectivity index (χ2n) is 19.7. The SMILES string of the molecule is CCCCC/C=C\C/C=C\CCCCCCCCCCCCCC(=O)OCC(O)COP(=O)(O)OCC(O)COP(=O)(O)OCC(O)COC(=O)CCCCCCCCCCCCCCCCCCCCC. The van der Waals surface area contributed by atoms with E-state index in [-0.39, 0.29) is 12.8 Å². The van der Waals surface area contributed by atoms with Gasteiger partial charge >= 0.3 is 27.6 Å². The van der Waals surface area contributed by atoms with Crippen LogP contribution < -0.4 is 0 Å². The Morgan fingerprint density at radius 3 is 0.903 bits per heavy atom. The molecular weight excluding hydrogens is 963 g/mol. The predicted octanol–water partition coefficient (Wildman–Crippen LogP) is 14.4. The van der Waals surface area contributed by atoms with Gasteiger partial charge in [-0.2, -0.15) is 0 Å². The van der Waals surface area contributed by atoms with Gasteiger partial charge in [-0.25, -0.2) is 9.13 Å². The Bertz CT molecular complexity index is 1380. The Kier molecular flexibility index (Phi) is 50.6. The summed E-state index contributed by atoms with van der Waals surface area (Å²) in [5.74, 6) is -0.986. The Morgan fingerprint density at radius 1 is 0.361 bits per heavy atom. The van der Waals surface area contributed by atoms with E-state index >= 15 is 0 Å². The molecule has 0 aliphatic carbocycles. The number of phosphoric acid groups is 2. The number of aliphatic hydroxyl groups excluding tert-OH is 3. The van der Waals surface area contributed by atoms with Crippen LogP contribution in [0.3, 0.4) is 0 Å². The molecule has 0 aliphatic heterocycles. The second-order valence-corrected chi connectivity index (χ2v) is 22.6. The first kappa shape index (κ1) is 70.5. The van der Waals surface area contributed by atoms with Crippen molar-refractivity contribution in [2.45, 2.75) is 276 Å². The van der Waals surface area contributed by atoms with Gasteiger partial charge in [-0.15, -0.1) is 0 Å². The molecule has 0 rings (SSSR count). The molecule has 15 nitrogen and oxygen atoms in total. The van der Waals surface area contributed by atoms with Gasteiger partial charge in [0.1, 0.15) is 31.5 Å². The largest absolute Gasteiger partial charge is 0.472 e. The van der Waals surface area contributed by atoms with Gasteiger partial charge in [0.05, 0.1) is 26.4 Å². The van der Waals surface area contributed by atoms with E-state index in [0.717, 1.165) is 51.4 Å². The normalized spacial score (nSPS) is 14.9. The lowest BCUT2D eigenvalue weighted by Crippen LogP contribution is -2.25. The van der Waals surface area contributed by atoms with E-state index in [1.807, 2.05) is 0 Å². The molecule has 0 aromatic rings. The van der Waals surface area contributed by atoms with Gasteiger partial charge in [-0.3, -0.25) is 27.7 Å². The first-order valence-corrected chi connectivity index (χ1v) is 31.7. The zero-order valence-electron chi connectivity index (χ0n) is 45.4. The molecule has 5 N–H and O–H groups in total. The summed E-state index contributed by atoms with van der Waals surface area (Å²) in [6.07, 6.45) is 48.7. The van der Waals surface area contributed by atoms with Crippen molar-refractivity contribution >= 4 is 27.6 Å². The van der Waals surface area contributed by atoms with Gasteiger partial charge in [0, 0.05) is 12.8 Å². The summed E-state index contributed by atoms with van der Waals surface area (Å²) in [6, 6.07) is 0. The molecule has 17 heteroatoms. The van der Waals surface area contributed by atoms with E-state index in [0.29, 0.717) is 12.8 Å². The van der Waals surface area contributed by atoms with Gasteiger partial charge in [-0.1, -0.05) is 224 Å². The van der Waals surface area contributed by atoms with Crippen LogP contribution in [0.15, 0.2) is 24.3 Å². The standard InChI is InChI=1S/C55H106O15P2/c1-3-5-7-9-11-13-15-17-19-21-23-24-26-28-30-32-34-36-38-40-42-44-55(60)66-46-52(57)48-68-72(63,64)70-50-53(58)49-69-71(61,62)67-47-51(56)45-65-54(59)43-41-39-37-35-33-31-29-27-25-22-20-18-16-14-12-10-8-6-4-2/h11,13,17,19,51-53,56-58H,3-10,12,14-16,18,20-50H2,1-2H3,(H,61,62)(H,63,64)/b13-11-,19-17-. The fraction of sp³-hybridized carbons (Fsp3) is 0.891. The average Bonchev–Trinajstić information content (AvgIpc) is 3.36. The minimum absolute atomic E-state index is 0.196. The van der Waals surface area contributed by atoms with E-state index in [1.54, 1.807) is 0 Å². The van der Waals surface area contributed by atoms with E-state index in [1.165, 1.54) is 167 Å². The summed E-state index contributed by atoms with van der Waals surface area (Å²) in [7, 11) is -9.57. The number of unbranched alkanes of at least 4 members (excludes halogenated alkanes) is 32. The maximum Gasteiger partial charge on any atom is 0.472 e. The summed E-state index contributed by atoms with van der Waals surface area (Å²) in [6.45, 7) is 0.464. The molecule has 72 heavy (non-hydrogen) atoms. The third kappa shape index (κ3) is 53.3. The zero-order chi connectivity index (χ0) is 53.1. The lowest BCUT2D eigenvalue weighted by molar-refractivity contribution is -0.148. The van der Waals surface area contributed by atoms with Crippen LogP contribution in [0, 0.1) is 0 Å². The van der Waals surface area contributed by atoms with Crippen molar-refractivity contribution < 1.29 is 71.4 Å². The fourth-order valence-electron chi connectivity index (χ4n) is 7.95. The number of hydrogen-bond donors (Lipinski definition) is 5. The summed E-state index contributed by atoms with van der Waals surface area (Å²) in [4.78, 5) is 44.0. The zero-order valence-corrected chi connectivity index (χ0v) is 47.2. The van der Waals surface area contributed by atoms with Crippen LogP contribution in [0.4, 0.5) is 0 Å². The molecule has 0 amide bonds. The Balaban J connectivity index is 3.79. The summed E-state index contributed by atoms with van der Waals surface area (Å²) in [5.41, 5.74) is 0. The minimum atomic E-state index is -4.79. The molecule has 5 atom stereocenters. The second kappa shape index (κ2) is 51.6. The van der Waals surface area contributed by atoms with Crippen molar-refractivity contribution in [2.75, 3.05) is 39.6 Å². The number of carbonyl (C=O) groups is 2. The molecular formula is C55H106O15P2. The quantitative estimate of drug-likeness (QED) is 0.0165.